The Labute approximate surface area is 93.7 Å². The fourth-order valence-electron chi connectivity index (χ4n) is 1.58. The van der Waals surface area contributed by atoms with E-state index in [2.05, 4.69) is 4.98 Å². The van der Waals surface area contributed by atoms with Gasteiger partial charge in [-0.1, -0.05) is 12.1 Å². The Kier molecular flexibility index (Phi) is 2.86. The van der Waals surface area contributed by atoms with Crippen molar-refractivity contribution in [2.45, 2.75) is 6.92 Å². The lowest BCUT2D eigenvalue weighted by Crippen LogP contribution is -1.91. The Morgan fingerprint density at radius 3 is 2.75 bits per heavy atom. The molecule has 2 rings (SSSR count). The monoisotopic (exact) mass is 217 g/mol. The standard InChI is InChI=1S/C13H12FNO/c1-9-6-13(16-2)12(8-15-9)10-4-3-5-11(14)7-10/h3-8H,1-2H3. The fraction of sp³-hybridized carbons (Fsp3) is 0.154. The van der Waals surface area contributed by atoms with Crippen LogP contribution in [0.4, 0.5) is 4.39 Å². The number of nitrogens with zero attached hydrogens (tertiary/aromatic N) is 1. The average molecular weight is 217 g/mol. The summed E-state index contributed by atoms with van der Waals surface area (Å²) >= 11 is 0. The van der Waals surface area contributed by atoms with Crippen molar-refractivity contribution >= 4 is 0 Å². The predicted molar refractivity (Wildman–Crippen MR) is 60.9 cm³/mol. The maximum atomic E-state index is 13.1. The van der Waals surface area contributed by atoms with Crippen LogP contribution in [0.25, 0.3) is 11.1 Å². The van der Waals surface area contributed by atoms with Crippen LogP contribution in [0, 0.1) is 12.7 Å². The zero-order chi connectivity index (χ0) is 11.5. The van der Waals surface area contributed by atoms with E-state index in [4.69, 9.17) is 4.74 Å². The Balaban J connectivity index is 2.55. The van der Waals surface area contributed by atoms with Gasteiger partial charge in [-0.05, 0) is 24.6 Å². The molecule has 0 amide bonds. The molecule has 0 bridgehead atoms. The molecular weight excluding hydrogens is 205 g/mol. The first-order chi connectivity index (χ1) is 7.70. The van der Waals surface area contributed by atoms with Gasteiger partial charge in [-0.25, -0.2) is 4.39 Å². The largest absolute Gasteiger partial charge is 0.496 e. The van der Waals surface area contributed by atoms with Crippen LogP contribution in [-0.4, -0.2) is 12.1 Å². The second-order valence-electron chi connectivity index (χ2n) is 3.54. The van der Waals surface area contributed by atoms with Crippen molar-refractivity contribution < 1.29 is 9.13 Å². The lowest BCUT2D eigenvalue weighted by atomic mass is 10.1. The molecule has 2 aromatic rings. The minimum atomic E-state index is -0.264. The zero-order valence-electron chi connectivity index (χ0n) is 9.20. The molecule has 16 heavy (non-hydrogen) atoms. The number of pyridine rings is 1. The van der Waals surface area contributed by atoms with Crippen molar-refractivity contribution in [3.05, 3.63) is 48.0 Å². The SMILES string of the molecule is COc1cc(C)ncc1-c1cccc(F)c1. The van der Waals surface area contributed by atoms with E-state index >= 15 is 0 Å². The fourth-order valence-corrected chi connectivity index (χ4v) is 1.58. The van der Waals surface area contributed by atoms with E-state index < -0.39 is 0 Å². The summed E-state index contributed by atoms with van der Waals surface area (Å²) in [7, 11) is 1.59. The predicted octanol–water partition coefficient (Wildman–Crippen LogP) is 3.20. The quantitative estimate of drug-likeness (QED) is 0.770. The number of methoxy groups -OCH3 is 1. The van der Waals surface area contributed by atoms with Crippen molar-refractivity contribution in [3.63, 3.8) is 0 Å². The van der Waals surface area contributed by atoms with Crippen LogP contribution in [0.5, 0.6) is 5.75 Å². The molecule has 0 unspecified atom stereocenters. The molecule has 0 radical (unpaired) electrons. The molecule has 0 fully saturated rings. The average Bonchev–Trinajstić information content (AvgIpc) is 2.28. The smallest absolute Gasteiger partial charge is 0.130 e. The third kappa shape index (κ3) is 2.03. The highest BCUT2D eigenvalue weighted by Crippen LogP contribution is 2.29. The van der Waals surface area contributed by atoms with Crippen molar-refractivity contribution in [2.24, 2.45) is 0 Å². The molecule has 2 nitrogen and oxygen atoms in total. The first-order valence-corrected chi connectivity index (χ1v) is 4.97. The summed E-state index contributed by atoms with van der Waals surface area (Å²) in [6.45, 7) is 1.89. The molecule has 0 spiro atoms. The summed E-state index contributed by atoms with van der Waals surface area (Å²) in [5.74, 6) is 0.443. The first kappa shape index (κ1) is 10.6. The maximum Gasteiger partial charge on any atom is 0.130 e. The zero-order valence-corrected chi connectivity index (χ0v) is 9.20. The van der Waals surface area contributed by atoms with E-state index in [1.54, 1.807) is 19.4 Å². The third-order valence-corrected chi connectivity index (χ3v) is 2.36. The third-order valence-electron chi connectivity index (χ3n) is 2.36. The molecule has 0 aliphatic heterocycles. The van der Waals surface area contributed by atoms with Crippen LogP contribution < -0.4 is 4.74 Å². The van der Waals surface area contributed by atoms with E-state index in [1.165, 1.54) is 12.1 Å². The van der Waals surface area contributed by atoms with Gasteiger partial charge in [-0.15, -0.1) is 0 Å². The van der Waals surface area contributed by atoms with Gasteiger partial charge in [0.25, 0.3) is 0 Å². The molecule has 0 saturated carbocycles. The van der Waals surface area contributed by atoms with Gasteiger partial charge in [0.2, 0.25) is 0 Å². The molecule has 1 aromatic carbocycles. The second-order valence-corrected chi connectivity index (χ2v) is 3.54. The molecule has 82 valence electrons. The summed E-state index contributed by atoms with van der Waals surface area (Å²) in [4.78, 5) is 4.19. The topological polar surface area (TPSA) is 22.1 Å². The molecule has 1 aromatic heterocycles. The van der Waals surface area contributed by atoms with Gasteiger partial charge in [0.05, 0.1) is 7.11 Å². The van der Waals surface area contributed by atoms with Crippen molar-refractivity contribution in [2.75, 3.05) is 7.11 Å². The molecule has 1 heterocycles. The summed E-state index contributed by atoms with van der Waals surface area (Å²) in [5, 5.41) is 0. The number of hydrogen-bond donors (Lipinski definition) is 0. The number of benzene rings is 1. The summed E-state index contributed by atoms with van der Waals surface area (Å²) in [6.07, 6.45) is 1.70. The van der Waals surface area contributed by atoms with Crippen LogP contribution in [0.1, 0.15) is 5.69 Å². The lowest BCUT2D eigenvalue weighted by molar-refractivity contribution is 0.415. The second kappa shape index (κ2) is 4.31. The Morgan fingerprint density at radius 1 is 1.25 bits per heavy atom. The van der Waals surface area contributed by atoms with Gasteiger partial charge in [-0.2, -0.15) is 0 Å². The Morgan fingerprint density at radius 2 is 2.06 bits per heavy atom. The first-order valence-electron chi connectivity index (χ1n) is 4.97. The van der Waals surface area contributed by atoms with Crippen LogP contribution in [0.2, 0.25) is 0 Å². The van der Waals surface area contributed by atoms with E-state index in [0.717, 1.165) is 16.8 Å². The number of halogens is 1. The molecule has 0 aliphatic carbocycles. The number of aromatic nitrogens is 1. The highest BCUT2D eigenvalue weighted by Gasteiger charge is 2.07. The van der Waals surface area contributed by atoms with Crippen LogP contribution >= 0.6 is 0 Å². The van der Waals surface area contributed by atoms with Gasteiger partial charge in [0.15, 0.2) is 0 Å². The molecule has 3 heteroatoms. The Bertz CT molecular complexity index is 511. The van der Waals surface area contributed by atoms with E-state index in [9.17, 15) is 4.39 Å². The summed E-state index contributed by atoms with van der Waals surface area (Å²) in [6, 6.07) is 8.22. The number of ether oxygens (including phenoxy) is 1. The number of rotatable bonds is 2. The molecule has 0 atom stereocenters. The number of hydrogen-bond acceptors (Lipinski definition) is 2. The Hall–Kier alpha value is -1.90. The van der Waals surface area contributed by atoms with Gasteiger partial charge < -0.3 is 4.74 Å². The van der Waals surface area contributed by atoms with E-state index in [-0.39, 0.29) is 5.82 Å². The molecule has 0 saturated heterocycles. The van der Waals surface area contributed by atoms with Crippen LogP contribution in [-0.2, 0) is 0 Å². The highest BCUT2D eigenvalue weighted by atomic mass is 19.1. The van der Waals surface area contributed by atoms with Gasteiger partial charge in [-0.3, -0.25) is 4.98 Å². The van der Waals surface area contributed by atoms with Crippen LogP contribution in [0.3, 0.4) is 0 Å². The van der Waals surface area contributed by atoms with E-state index in [0.29, 0.717) is 5.75 Å². The minimum Gasteiger partial charge on any atom is -0.496 e. The molecule has 0 N–H and O–H groups in total. The lowest BCUT2D eigenvalue weighted by Gasteiger charge is -2.08. The minimum absolute atomic E-state index is 0.264. The maximum absolute atomic E-state index is 13.1. The van der Waals surface area contributed by atoms with Gasteiger partial charge in [0, 0.05) is 23.5 Å². The van der Waals surface area contributed by atoms with E-state index in [1.807, 2.05) is 19.1 Å². The highest BCUT2D eigenvalue weighted by molar-refractivity contribution is 5.69. The van der Waals surface area contributed by atoms with Gasteiger partial charge in [0.1, 0.15) is 11.6 Å². The summed E-state index contributed by atoms with van der Waals surface area (Å²) < 4.78 is 18.4. The summed E-state index contributed by atoms with van der Waals surface area (Å²) in [5.41, 5.74) is 2.44. The normalized spacial score (nSPS) is 10.2. The number of aryl methyl sites for hydroxylation is 1. The van der Waals surface area contributed by atoms with Crippen molar-refractivity contribution in [3.8, 4) is 16.9 Å². The van der Waals surface area contributed by atoms with Crippen molar-refractivity contribution in [1.82, 2.24) is 4.98 Å². The van der Waals surface area contributed by atoms with Gasteiger partial charge >= 0.3 is 0 Å². The molecular formula is C13H12FNO. The molecule has 0 aliphatic rings. The van der Waals surface area contributed by atoms with Crippen LogP contribution in [0.15, 0.2) is 36.5 Å². The van der Waals surface area contributed by atoms with Crippen molar-refractivity contribution in [1.29, 1.82) is 0 Å².